The van der Waals surface area contributed by atoms with Gasteiger partial charge in [-0.25, -0.2) is 9.48 Å². The van der Waals surface area contributed by atoms with E-state index in [0.29, 0.717) is 34.8 Å². The first kappa shape index (κ1) is 24.4. The Labute approximate surface area is 216 Å². The van der Waals surface area contributed by atoms with Gasteiger partial charge in [0.1, 0.15) is 23.7 Å². The van der Waals surface area contributed by atoms with Gasteiger partial charge in [0.15, 0.2) is 5.13 Å². The molecule has 1 saturated carbocycles. The van der Waals surface area contributed by atoms with Crippen LogP contribution in [0.3, 0.4) is 0 Å². The number of nitrogens with two attached hydrogens (primary N) is 1. The van der Waals surface area contributed by atoms with Crippen LogP contribution in [0.25, 0.3) is 0 Å². The fourth-order valence-electron chi connectivity index (χ4n) is 3.51. The molecule has 18 heteroatoms. The number of aromatic nitrogens is 6. The maximum absolute atomic E-state index is 13.0. The smallest absolute Gasteiger partial charge is 0.352 e. The van der Waals surface area contributed by atoms with E-state index in [1.54, 1.807) is 7.05 Å². The largest absolute Gasteiger partial charge is 0.477 e. The summed E-state index contributed by atoms with van der Waals surface area (Å²) in [6, 6.07) is -0.946. The van der Waals surface area contributed by atoms with Gasteiger partial charge in [0.2, 0.25) is 16.7 Å². The number of hydrogen-bond acceptors (Lipinski definition) is 14. The first-order valence-electron chi connectivity index (χ1n) is 10.7. The number of β-lactam (4-membered cyclic amide) rings is 1. The van der Waals surface area contributed by atoms with Gasteiger partial charge in [-0.15, -0.1) is 16.9 Å². The lowest BCUT2D eigenvalue weighted by molar-refractivity contribution is -0.150. The molecule has 2 aromatic rings. The molecule has 0 radical (unpaired) electrons. The molecule has 190 valence electrons. The van der Waals surface area contributed by atoms with Crippen LogP contribution in [0.2, 0.25) is 0 Å². The number of nitrogens with zero attached hydrogens (tertiary/aromatic N) is 8. The number of carbonyl (C=O) groups excluding carboxylic acids is 2. The maximum atomic E-state index is 13.0. The van der Waals surface area contributed by atoms with Crippen molar-refractivity contribution < 1.29 is 24.3 Å². The lowest BCUT2D eigenvalue weighted by atomic mass is 10.0. The predicted molar refractivity (Wildman–Crippen MR) is 129 cm³/mol. The zero-order valence-corrected chi connectivity index (χ0v) is 21.2. The number of carboxylic acid groups (broad SMARTS) is 1. The van der Waals surface area contributed by atoms with Crippen LogP contribution in [0.5, 0.6) is 0 Å². The van der Waals surface area contributed by atoms with E-state index in [1.807, 2.05) is 0 Å². The molecular weight excluding hydrogens is 532 g/mol. The summed E-state index contributed by atoms with van der Waals surface area (Å²) in [5.41, 5.74) is 5.93. The van der Waals surface area contributed by atoms with Gasteiger partial charge in [-0.2, -0.15) is 9.36 Å². The van der Waals surface area contributed by atoms with Gasteiger partial charge >= 0.3 is 5.97 Å². The predicted octanol–water partition coefficient (Wildman–Crippen LogP) is -0.695. The van der Waals surface area contributed by atoms with Gasteiger partial charge in [0.05, 0.1) is 0 Å². The molecule has 2 aromatic heterocycles. The Hall–Kier alpha value is -3.25. The summed E-state index contributed by atoms with van der Waals surface area (Å²) < 4.78 is 5.50. The van der Waals surface area contributed by atoms with E-state index in [0.717, 1.165) is 24.4 Å². The van der Waals surface area contributed by atoms with Crippen LogP contribution in [-0.4, -0.2) is 92.6 Å². The van der Waals surface area contributed by atoms with Gasteiger partial charge in [0, 0.05) is 30.1 Å². The molecule has 0 spiro atoms. The zero-order valence-electron chi connectivity index (χ0n) is 18.7. The minimum Gasteiger partial charge on any atom is -0.477 e. The fraction of sp³-hybridized carbons (Fsp3) is 0.500. The molecule has 1 saturated heterocycles. The van der Waals surface area contributed by atoms with Gasteiger partial charge in [-0.3, -0.25) is 14.5 Å². The van der Waals surface area contributed by atoms with E-state index in [9.17, 15) is 19.5 Å². The molecule has 2 amide bonds. The van der Waals surface area contributed by atoms with Crippen LogP contribution < -0.4 is 11.1 Å². The first-order chi connectivity index (χ1) is 17.3. The normalized spacial score (nSPS) is 21.8. The van der Waals surface area contributed by atoms with Crippen LogP contribution in [0.15, 0.2) is 21.6 Å². The number of aryl methyl sites for hydroxylation is 1. The molecule has 4 heterocycles. The molecule has 36 heavy (non-hydrogen) atoms. The van der Waals surface area contributed by atoms with Gasteiger partial charge in [-0.1, -0.05) is 16.9 Å². The number of anilines is 1. The fourth-order valence-corrected chi connectivity index (χ4v) is 6.28. The molecule has 2 fully saturated rings. The minimum absolute atomic E-state index is 0.00517. The van der Waals surface area contributed by atoms with Crippen molar-refractivity contribution in [1.29, 1.82) is 0 Å². The average Bonchev–Trinajstić information content (AvgIpc) is 3.44. The second-order valence-corrected chi connectivity index (χ2v) is 11.0. The monoisotopic (exact) mass is 552 g/mol. The molecule has 15 nitrogen and oxygen atoms in total. The van der Waals surface area contributed by atoms with Crippen LogP contribution in [0, 0.1) is 5.92 Å². The maximum Gasteiger partial charge on any atom is 0.352 e. The average molecular weight is 553 g/mol. The van der Waals surface area contributed by atoms with Crippen molar-refractivity contribution in [3.05, 3.63) is 17.1 Å². The van der Waals surface area contributed by atoms with Crippen molar-refractivity contribution in [1.82, 2.24) is 39.8 Å². The third kappa shape index (κ3) is 4.87. The Kier molecular flexibility index (Phi) is 6.80. The number of aliphatic carboxylic acids is 1. The number of thioether (sulfide) groups is 2. The lowest BCUT2D eigenvalue weighted by Crippen LogP contribution is -2.71. The van der Waals surface area contributed by atoms with Crippen molar-refractivity contribution in [3.8, 4) is 0 Å². The van der Waals surface area contributed by atoms with Crippen LogP contribution >= 0.6 is 35.1 Å². The molecule has 2 atom stereocenters. The number of carbonyl (C=O) groups is 3. The van der Waals surface area contributed by atoms with Crippen molar-refractivity contribution in [2.24, 2.45) is 18.1 Å². The summed E-state index contributed by atoms with van der Waals surface area (Å²) in [7, 11) is 1.68. The minimum atomic E-state index is -1.22. The number of nitrogens with one attached hydrogen (secondary N) is 1. The summed E-state index contributed by atoms with van der Waals surface area (Å²) in [5.74, 6) is -1.41. The standard InChI is InChI=1S/C18H20N10O5S3/c1-27-18(22-25-26-27)35-6-8-5-34-15-10(14(30)28(15)11(8)16(31)32)20-13(29)9(12-21-17(19)36-24-12)23-33-4-7-2-3-7/h7,10,15H,2-6H2,1H3,(H,20,29)(H,31,32)(H2,19,21,24)/b23-9-/t10-,15-/m1/s1. The molecule has 0 aromatic carbocycles. The molecule has 5 rings (SSSR count). The zero-order chi connectivity index (χ0) is 25.4. The van der Waals surface area contributed by atoms with E-state index in [4.69, 9.17) is 10.6 Å². The number of carboxylic acids is 1. The number of hydrogen-bond donors (Lipinski definition) is 3. The number of tetrazole rings is 1. The Bertz CT molecular complexity index is 1270. The number of rotatable bonds is 10. The third-order valence-electron chi connectivity index (χ3n) is 5.52. The lowest BCUT2D eigenvalue weighted by Gasteiger charge is -2.49. The van der Waals surface area contributed by atoms with E-state index >= 15 is 0 Å². The molecule has 1 aliphatic carbocycles. The van der Waals surface area contributed by atoms with Gasteiger partial charge in [-0.05, 0) is 34.8 Å². The van der Waals surface area contributed by atoms with Crippen molar-refractivity contribution in [3.63, 3.8) is 0 Å². The Morgan fingerprint density at radius 3 is 2.83 bits per heavy atom. The summed E-state index contributed by atoms with van der Waals surface area (Å²) >= 11 is 3.53. The highest BCUT2D eigenvalue weighted by Gasteiger charge is 2.54. The number of fused-ring (bicyclic) bond motifs is 1. The van der Waals surface area contributed by atoms with Crippen LogP contribution in [-0.2, 0) is 26.3 Å². The topological polar surface area (TPSA) is 204 Å². The highest BCUT2D eigenvalue weighted by atomic mass is 32.2. The number of oxime groups is 1. The highest BCUT2D eigenvalue weighted by Crippen LogP contribution is 2.41. The Morgan fingerprint density at radius 1 is 1.39 bits per heavy atom. The number of amides is 2. The number of nitrogen functional groups attached to an aromatic ring is 1. The van der Waals surface area contributed by atoms with Crippen molar-refractivity contribution in [2.75, 3.05) is 23.8 Å². The summed E-state index contributed by atoms with van der Waals surface area (Å²) in [4.78, 5) is 48.6. The van der Waals surface area contributed by atoms with Gasteiger partial charge < -0.3 is 21.0 Å². The molecule has 3 aliphatic rings. The molecule has 0 bridgehead atoms. The first-order valence-corrected chi connectivity index (χ1v) is 13.5. The van der Waals surface area contributed by atoms with Crippen molar-refractivity contribution >= 4 is 63.7 Å². The molecule has 0 unspecified atom stereocenters. The molecular formula is C18H20N10O5S3. The molecule has 2 aliphatic heterocycles. The highest BCUT2D eigenvalue weighted by molar-refractivity contribution is 8.01. The third-order valence-corrected chi connectivity index (χ3v) is 8.50. The van der Waals surface area contributed by atoms with Crippen LogP contribution in [0.4, 0.5) is 5.13 Å². The summed E-state index contributed by atoms with van der Waals surface area (Å²) in [5, 5.41) is 27.7. The second-order valence-electron chi connectivity index (χ2n) is 8.13. The van der Waals surface area contributed by atoms with Crippen LogP contribution in [0.1, 0.15) is 18.7 Å². The second kappa shape index (κ2) is 10.0. The SMILES string of the molecule is Cn1nnnc1SCC1=C(C(=O)O)N2C(=O)[C@@H](NC(=O)/C(=N\OCC3CC3)c3nsc(N)n3)[C@H]2SC1. The summed E-state index contributed by atoms with van der Waals surface area (Å²) in [6.07, 6.45) is 2.08. The Morgan fingerprint density at radius 2 is 2.19 bits per heavy atom. The summed E-state index contributed by atoms with van der Waals surface area (Å²) in [6.45, 7) is 0.364. The van der Waals surface area contributed by atoms with E-state index in [1.165, 1.54) is 33.1 Å². The van der Waals surface area contributed by atoms with E-state index in [2.05, 4.69) is 35.4 Å². The Balaban J connectivity index is 1.29. The van der Waals surface area contributed by atoms with Gasteiger partial charge in [0.25, 0.3) is 11.8 Å². The molecule has 4 N–H and O–H groups in total. The quantitative estimate of drug-likeness (QED) is 0.145. The van der Waals surface area contributed by atoms with Crippen molar-refractivity contribution in [2.45, 2.75) is 29.4 Å². The van der Waals surface area contributed by atoms with E-state index < -0.39 is 29.2 Å². The van der Waals surface area contributed by atoms with E-state index in [-0.39, 0.29) is 22.4 Å².